The third kappa shape index (κ3) is 4.03. The number of hydrogen-bond acceptors (Lipinski definition) is 3. The molecule has 0 aromatic heterocycles. The molecular formula is C15H27NO3. The average molecular weight is 269 g/mol. The molecule has 110 valence electrons. The molecule has 0 spiro atoms. The Hall–Kier alpha value is -0.900. The van der Waals surface area contributed by atoms with Crippen LogP contribution in [0.2, 0.25) is 0 Å². The first-order valence-corrected chi connectivity index (χ1v) is 7.30. The first-order chi connectivity index (χ1) is 8.94. The van der Waals surface area contributed by atoms with Gasteiger partial charge in [-0.25, -0.2) is 0 Å². The highest BCUT2D eigenvalue weighted by Crippen LogP contribution is 2.25. The maximum Gasteiger partial charge on any atom is 0.254 e. The van der Waals surface area contributed by atoms with E-state index in [1.807, 2.05) is 18.7 Å². The minimum atomic E-state index is -0.765. The zero-order valence-corrected chi connectivity index (χ0v) is 12.7. The van der Waals surface area contributed by atoms with Crippen molar-refractivity contribution in [3.63, 3.8) is 0 Å². The van der Waals surface area contributed by atoms with Crippen molar-refractivity contribution in [2.75, 3.05) is 13.7 Å². The van der Waals surface area contributed by atoms with Crippen LogP contribution in [0.3, 0.4) is 0 Å². The van der Waals surface area contributed by atoms with Gasteiger partial charge in [0.05, 0.1) is 0 Å². The van der Waals surface area contributed by atoms with Crippen molar-refractivity contribution >= 4 is 11.7 Å². The number of carbonyl (C=O) groups excluding carboxylic acids is 2. The van der Waals surface area contributed by atoms with Crippen LogP contribution in [0.15, 0.2) is 0 Å². The number of amides is 1. The molecule has 2 unspecified atom stereocenters. The number of likely N-dealkylation sites (tertiary alicyclic amines) is 1. The van der Waals surface area contributed by atoms with E-state index in [9.17, 15) is 9.59 Å². The summed E-state index contributed by atoms with van der Waals surface area (Å²) in [7, 11) is 1.58. The molecule has 0 bridgehead atoms. The molecule has 1 heterocycles. The standard InChI is InChI=1S/C15H27NO3/c1-5-15(3,19-4)14(18)16-10-8-6-7-9-13(16)11-12(2)17/h13H,5-11H2,1-4H3. The minimum Gasteiger partial charge on any atom is -0.369 e. The molecule has 0 aliphatic carbocycles. The van der Waals surface area contributed by atoms with Crippen molar-refractivity contribution in [1.29, 1.82) is 0 Å². The Morgan fingerprint density at radius 3 is 2.53 bits per heavy atom. The normalized spacial score (nSPS) is 23.6. The quantitative estimate of drug-likeness (QED) is 0.770. The lowest BCUT2D eigenvalue weighted by molar-refractivity contribution is -0.156. The van der Waals surface area contributed by atoms with Gasteiger partial charge in [0, 0.05) is 26.1 Å². The number of nitrogens with zero attached hydrogens (tertiary/aromatic N) is 1. The SMILES string of the molecule is CCC(C)(OC)C(=O)N1CCCCCC1CC(C)=O. The third-order valence-corrected chi connectivity index (χ3v) is 4.24. The molecule has 0 aromatic carbocycles. The summed E-state index contributed by atoms with van der Waals surface area (Å²) in [6.07, 6.45) is 5.28. The van der Waals surface area contributed by atoms with E-state index in [-0.39, 0.29) is 17.7 Å². The second kappa shape index (κ2) is 7.04. The molecule has 0 aromatic rings. The summed E-state index contributed by atoms with van der Waals surface area (Å²) in [5.74, 6) is 0.186. The molecule has 0 saturated carbocycles. The Morgan fingerprint density at radius 1 is 1.32 bits per heavy atom. The summed E-state index contributed by atoms with van der Waals surface area (Å²) in [6, 6.07) is 0.0496. The van der Waals surface area contributed by atoms with Crippen LogP contribution in [0, 0.1) is 0 Å². The van der Waals surface area contributed by atoms with Gasteiger partial charge in [-0.05, 0) is 33.1 Å². The van der Waals surface area contributed by atoms with Gasteiger partial charge in [-0.1, -0.05) is 19.8 Å². The van der Waals surface area contributed by atoms with Crippen LogP contribution in [0.25, 0.3) is 0 Å². The van der Waals surface area contributed by atoms with E-state index in [1.54, 1.807) is 14.0 Å². The van der Waals surface area contributed by atoms with Gasteiger partial charge in [0.2, 0.25) is 0 Å². The molecule has 1 rings (SSSR count). The fraction of sp³-hybridized carbons (Fsp3) is 0.867. The maximum atomic E-state index is 12.7. The predicted octanol–water partition coefficient (Wildman–Crippen LogP) is 2.55. The Bertz CT molecular complexity index is 323. The predicted molar refractivity (Wildman–Crippen MR) is 75.0 cm³/mol. The summed E-state index contributed by atoms with van der Waals surface area (Å²) in [5.41, 5.74) is -0.765. The van der Waals surface area contributed by atoms with Gasteiger partial charge in [-0.3, -0.25) is 9.59 Å². The average Bonchev–Trinajstić information content (AvgIpc) is 2.61. The van der Waals surface area contributed by atoms with E-state index in [0.29, 0.717) is 12.8 Å². The van der Waals surface area contributed by atoms with Gasteiger partial charge in [0.1, 0.15) is 11.4 Å². The first kappa shape index (κ1) is 16.2. The molecule has 2 atom stereocenters. The van der Waals surface area contributed by atoms with Gasteiger partial charge in [0.25, 0.3) is 5.91 Å². The monoisotopic (exact) mass is 269 g/mol. The molecule has 1 amide bonds. The van der Waals surface area contributed by atoms with Gasteiger partial charge in [-0.2, -0.15) is 0 Å². The van der Waals surface area contributed by atoms with Crippen LogP contribution in [0.1, 0.15) is 59.3 Å². The molecule has 0 radical (unpaired) electrons. The summed E-state index contributed by atoms with van der Waals surface area (Å²) in [5, 5.41) is 0. The number of carbonyl (C=O) groups is 2. The molecule has 4 nitrogen and oxygen atoms in total. The first-order valence-electron chi connectivity index (χ1n) is 7.30. The van der Waals surface area contributed by atoms with E-state index < -0.39 is 5.60 Å². The van der Waals surface area contributed by atoms with Crippen molar-refractivity contribution in [3.05, 3.63) is 0 Å². The van der Waals surface area contributed by atoms with Gasteiger partial charge in [-0.15, -0.1) is 0 Å². The van der Waals surface area contributed by atoms with Crippen LogP contribution in [-0.4, -0.2) is 41.9 Å². The second-order valence-electron chi connectivity index (χ2n) is 5.70. The Kier molecular flexibility index (Phi) is 5.98. The molecule has 4 heteroatoms. The molecule has 19 heavy (non-hydrogen) atoms. The summed E-state index contributed by atoms with van der Waals surface area (Å²) in [4.78, 5) is 26.0. The summed E-state index contributed by atoms with van der Waals surface area (Å²) >= 11 is 0. The second-order valence-corrected chi connectivity index (χ2v) is 5.70. The van der Waals surface area contributed by atoms with Gasteiger partial charge >= 0.3 is 0 Å². The molecule has 1 aliphatic rings. The lowest BCUT2D eigenvalue weighted by Gasteiger charge is -2.36. The Balaban J connectivity index is 2.90. The van der Waals surface area contributed by atoms with Crippen LogP contribution >= 0.6 is 0 Å². The van der Waals surface area contributed by atoms with Gasteiger partial charge in [0.15, 0.2) is 0 Å². The number of methoxy groups -OCH3 is 1. The maximum absolute atomic E-state index is 12.7. The topological polar surface area (TPSA) is 46.6 Å². The minimum absolute atomic E-state index is 0.0330. The molecule has 1 aliphatic heterocycles. The van der Waals surface area contributed by atoms with E-state index in [0.717, 1.165) is 32.2 Å². The smallest absolute Gasteiger partial charge is 0.254 e. The fourth-order valence-electron chi connectivity index (χ4n) is 2.68. The van der Waals surface area contributed by atoms with Gasteiger partial charge < -0.3 is 9.64 Å². The van der Waals surface area contributed by atoms with Crippen molar-refractivity contribution < 1.29 is 14.3 Å². The van der Waals surface area contributed by atoms with E-state index in [2.05, 4.69) is 0 Å². The number of hydrogen-bond donors (Lipinski definition) is 0. The van der Waals surface area contributed by atoms with E-state index in [1.165, 1.54) is 0 Å². The van der Waals surface area contributed by atoms with Crippen molar-refractivity contribution in [2.24, 2.45) is 0 Å². The zero-order chi connectivity index (χ0) is 14.5. The van der Waals surface area contributed by atoms with Crippen molar-refractivity contribution in [2.45, 2.75) is 70.9 Å². The Morgan fingerprint density at radius 2 is 2.00 bits per heavy atom. The van der Waals surface area contributed by atoms with E-state index in [4.69, 9.17) is 4.74 Å². The fourth-order valence-corrected chi connectivity index (χ4v) is 2.68. The van der Waals surface area contributed by atoms with Crippen LogP contribution in [0.5, 0.6) is 0 Å². The number of ketones is 1. The Labute approximate surface area is 116 Å². The zero-order valence-electron chi connectivity index (χ0n) is 12.7. The molecule has 1 fully saturated rings. The van der Waals surface area contributed by atoms with Crippen molar-refractivity contribution in [3.8, 4) is 0 Å². The number of ether oxygens (including phenoxy) is 1. The number of rotatable bonds is 5. The molecule has 1 saturated heterocycles. The largest absolute Gasteiger partial charge is 0.369 e. The highest BCUT2D eigenvalue weighted by Gasteiger charge is 2.38. The molecule has 0 N–H and O–H groups in total. The lowest BCUT2D eigenvalue weighted by atomic mass is 9.98. The highest BCUT2D eigenvalue weighted by molar-refractivity contribution is 5.86. The van der Waals surface area contributed by atoms with E-state index >= 15 is 0 Å². The lowest BCUT2D eigenvalue weighted by Crippen LogP contribution is -2.52. The highest BCUT2D eigenvalue weighted by atomic mass is 16.5. The molecular weight excluding hydrogens is 242 g/mol. The summed E-state index contributed by atoms with van der Waals surface area (Å²) in [6.45, 7) is 6.14. The third-order valence-electron chi connectivity index (χ3n) is 4.24. The van der Waals surface area contributed by atoms with Crippen LogP contribution in [-0.2, 0) is 14.3 Å². The summed E-state index contributed by atoms with van der Waals surface area (Å²) < 4.78 is 5.42. The van der Waals surface area contributed by atoms with Crippen LogP contribution in [0.4, 0.5) is 0 Å². The van der Waals surface area contributed by atoms with Crippen LogP contribution < -0.4 is 0 Å². The number of Topliss-reactive ketones (excluding diaryl/α,β-unsaturated/α-hetero) is 1. The van der Waals surface area contributed by atoms with Crippen molar-refractivity contribution in [1.82, 2.24) is 4.90 Å².